The van der Waals surface area contributed by atoms with Crippen LogP contribution in [0.25, 0.3) is 0 Å². The van der Waals surface area contributed by atoms with E-state index in [9.17, 15) is 9.59 Å². The van der Waals surface area contributed by atoms with Crippen LogP contribution in [0.3, 0.4) is 0 Å². The smallest absolute Gasteiger partial charge is 0.251 e. The molecular weight excluding hydrogens is 236 g/mol. The lowest BCUT2D eigenvalue weighted by Crippen LogP contribution is -2.32. The Bertz CT molecular complexity index is 503. The zero-order valence-electron chi connectivity index (χ0n) is 10.1. The van der Waals surface area contributed by atoms with E-state index in [2.05, 4.69) is 20.7 Å². The number of carbonyl (C=O) groups is 2. The number of carbonyl (C=O) groups excluding carboxylic acids is 2. The summed E-state index contributed by atoms with van der Waals surface area (Å²) in [6.07, 6.45) is 1.46. The molecule has 8 nitrogen and oxygen atoms in total. The third-order valence-electron chi connectivity index (χ3n) is 2.91. The third kappa shape index (κ3) is 1.97. The number of likely N-dealkylation sites (N-methyl/N-ethyl adjacent to an activating group) is 1. The average Bonchev–Trinajstić information content (AvgIpc) is 2.60. The number of nitrogens with one attached hydrogen (secondary N) is 2. The van der Waals surface area contributed by atoms with E-state index in [4.69, 9.17) is 5.84 Å². The number of rotatable bonds is 3. The van der Waals surface area contributed by atoms with E-state index in [0.29, 0.717) is 17.2 Å². The Balaban J connectivity index is 2.20. The highest BCUT2D eigenvalue weighted by molar-refractivity contribution is 6.06. The normalized spacial score (nSPS) is 19.3. The average molecular weight is 250 g/mol. The van der Waals surface area contributed by atoms with Gasteiger partial charge in [0.05, 0.1) is 6.42 Å². The third-order valence-corrected chi connectivity index (χ3v) is 2.91. The van der Waals surface area contributed by atoms with Crippen molar-refractivity contribution < 1.29 is 9.59 Å². The van der Waals surface area contributed by atoms with Gasteiger partial charge < -0.3 is 10.7 Å². The van der Waals surface area contributed by atoms with Gasteiger partial charge in [0.25, 0.3) is 5.91 Å². The molecule has 18 heavy (non-hydrogen) atoms. The van der Waals surface area contributed by atoms with E-state index in [1.54, 1.807) is 6.92 Å². The maximum Gasteiger partial charge on any atom is 0.251 e. The SMILES string of the molecule is Cc1c(NN)ncnc1NC1CC(=O)N(C)C1=O. The Morgan fingerprint density at radius 3 is 2.61 bits per heavy atom. The lowest BCUT2D eigenvalue weighted by Gasteiger charge is -2.14. The van der Waals surface area contributed by atoms with Gasteiger partial charge in [0.1, 0.15) is 24.0 Å². The number of anilines is 2. The molecule has 0 bridgehead atoms. The molecule has 2 heterocycles. The van der Waals surface area contributed by atoms with Crippen molar-refractivity contribution in [1.82, 2.24) is 14.9 Å². The van der Waals surface area contributed by atoms with Crippen molar-refractivity contribution in [3.63, 3.8) is 0 Å². The quantitative estimate of drug-likeness (QED) is 0.367. The summed E-state index contributed by atoms with van der Waals surface area (Å²) in [6.45, 7) is 1.77. The van der Waals surface area contributed by atoms with E-state index in [-0.39, 0.29) is 18.2 Å². The number of imide groups is 1. The molecule has 0 saturated carbocycles. The van der Waals surface area contributed by atoms with Crippen LogP contribution in [0.1, 0.15) is 12.0 Å². The Morgan fingerprint density at radius 1 is 1.39 bits per heavy atom. The molecule has 1 fully saturated rings. The number of nitrogens with two attached hydrogens (primary N) is 1. The fraction of sp³-hybridized carbons (Fsp3) is 0.400. The predicted molar refractivity (Wildman–Crippen MR) is 64.4 cm³/mol. The van der Waals surface area contributed by atoms with Crippen LogP contribution in [0.4, 0.5) is 11.6 Å². The number of nitrogens with zero attached hydrogens (tertiary/aromatic N) is 3. The van der Waals surface area contributed by atoms with Crippen molar-refractivity contribution in [2.75, 3.05) is 17.8 Å². The largest absolute Gasteiger partial charge is 0.358 e. The van der Waals surface area contributed by atoms with Crippen molar-refractivity contribution in [2.45, 2.75) is 19.4 Å². The minimum atomic E-state index is -0.582. The Labute approximate surface area is 104 Å². The standard InChI is InChI=1S/C10H14N6O2/c1-5-8(12-4-13-9(5)15-11)14-6-3-7(17)16(2)10(6)18/h4,6H,3,11H2,1-2H3,(H2,12,13,14,15). The maximum absolute atomic E-state index is 11.7. The molecule has 0 aromatic carbocycles. The summed E-state index contributed by atoms with van der Waals surface area (Å²) < 4.78 is 0. The number of amides is 2. The first-order valence-corrected chi connectivity index (χ1v) is 5.39. The molecule has 8 heteroatoms. The molecule has 0 aliphatic carbocycles. The number of likely N-dealkylation sites (tertiary alicyclic amines) is 1. The van der Waals surface area contributed by atoms with E-state index in [0.717, 1.165) is 4.90 Å². The van der Waals surface area contributed by atoms with E-state index < -0.39 is 6.04 Å². The van der Waals surface area contributed by atoms with Crippen molar-refractivity contribution in [2.24, 2.45) is 5.84 Å². The van der Waals surface area contributed by atoms with Crippen LogP contribution in [0, 0.1) is 6.92 Å². The summed E-state index contributed by atoms with van der Waals surface area (Å²) in [5, 5.41) is 2.94. The van der Waals surface area contributed by atoms with E-state index >= 15 is 0 Å². The predicted octanol–water partition coefficient (Wildman–Crippen LogP) is -0.760. The number of nitrogen functional groups attached to an aromatic ring is 1. The molecule has 2 rings (SSSR count). The van der Waals surface area contributed by atoms with E-state index in [1.807, 2.05) is 0 Å². The second-order valence-electron chi connectivity index (χ2n) is 4.03. The van der Waals surface area contributed by atoms with Crippen LogP contribution >= 0.6 is 0 Å². The highest BCUT2D eigenvalue weighted by atomic mass is 16.2. The van der Waals surface area contributed by atoms with Gasteiger partial charge in [-0.15, -0.1) is 0 Å². The summed E-state index contributed by atoms with van der Waals surface area (Å²) in [7, 11) is 1.46. The molecule has 0 radical (unpaired) electrons. The molecule has 1 saturated heterocycles. The molecule has 96 valence electrons. The molecule has 2 amide bonds. The highest BCUT2D eigenvalue weighted by Crippen LogP contribution is 2.21. The highest BCUT2D eigenvalue weighted by Gasteiger charge is 2.36. The van der Waals surface area contributed by atoms with Crippen LogP contribution in [0.5, 0.6) is 0 Å². The summed E-state index contributed by atoms with van der Waals surface area (Å²) >= 11 is 0. The second kappa shape index (κ2) is 4.57. The Hall–Kier alpha value is -2.22. The van der Waals surface area contributed by atoms with Gasteiger partial charge in [0, 0.05) is 12.6 Å². The second-order valence-corrected chi connectivity index (χ2v) is 4.03. The van der Waals surface area contributed by atoms with Gasteiger partial charge in [0.15, 0.2) is 0 Å². The minimum Gasteiger partial charge on any atom is -0.358 e. The Kier molecular flexibility index (Phi) is 3.11. The van der Waals surface area contributed by atoms with Crippen LogP contribution in [0.2, 0.25) is 0 Å². The van der Waals surface area contributed by atoms with E-state index in [1.165, 1.54) is 13.4 Å². The summed E-state index contributed by atoms with van der Waals surface area (Å²) in [5.41, 5.74) is 3.13. The van der Waals surface area contributed by atoms with Crippen LogP contribution in [-0.2, 0) is 9.59 Å². The van der Waals surface area contributed by atoms with Crippen LogP contribution in [-0.4, -0.2) is 39.8 Å². The molecule has 1 aromatic heterocycles. The zero-order chi connectivity index (χ0) is 13.3. The molecule has 4 N–H and O–H groups in total. The van der Waals surface area contributed by atoms with Crippen LogP contribution in [0.15, 0.2) is 6.33 Å². The molecule has 1 unspecified atom stereocenters. The number of aromatic nitrogens is 2. The first-order valence-electron chi connectivity index (χ1n) is 5.39. The topological polar surface area (TPSA) is 113 Å². The first-order chi connectivity index (χ1) is 8.54. The Morgan fingerprint density at radius 2 is 2.06 bits per heavy atom. The van der Waals surface area contributed by atoms with Crippen molar-refractivity contribution in [1.29, 1.82) is 0 Å². The van der Waals surface area contributed by atoms with Gasteiger partial charge in [-0.1, -0.05) is 0 Å². The van der Waals surface area contributed by atoms with Gasteiger partial charge in [0.2, 0.25) is 5.91 Å². The molecule has 1 aliphatic rings. The van der Waals surface area contributed by atoms with Crippen molar-refractivity contribution >= 4 is 23.5 Å². The lowest BCUT2D eigenvalue weighted by molar-refractivity contribution is -0.136. The summed E-state index contributed by atoms with van der Waals surface area (Å²) in [6, 6.07) is -0.582. The number of hydrogen-bond donors (Lipinski definition) is 3. The fourth-order valence-electron chi connectivity index (χ4n) is 1.77. The van der Waals surface area contributed by atoms with Gasteiger partial charge in [-0.25, -0.2) is 15.8 Å². The summed E-state index contributed by atoms with van der Waals surface area (Å²) in [4.78, 5) is 32.2. The number of hydrogen-bond acceptors (Lipinski definition) is 7. The van der Waals surface area contributed by atoms with Gasteiger partial charge in [-0.05, 0) is 6.92 Å². The number of hydrazine groups is 1. The molecule has 0 spiro atoms. The van der Waals surface area contributed by atoms with Gasteiger partial charge >= 0.3 is 0 Å². The fourth-order valence-corrected chi connectivity index (χ4v) is 1.77. The maximum atomic E-state index is 11.7. The molecule has 1 atom stereocenters. The van der Waals surface area contributed by atoms with Crippen LogP contribution < -0.4 is 16.6 Å². The monoisotopic (exact) mass is 250 g/mol. The van der Waals surface area contributed by atoms with Crippen molar-refractivity contribution in [3.8, 4) is 0 Å². The first kappa shape index (κ1) is 12.2. The molecule has 1 aliphatic heterocycles. The van der Waals surface area contributed by atoms with Gasteiger partial charge in [-0.2, -0.15) is 0 Å². The minimum absolute atomic E-state index is 0.129. The lowest BCUT2D eigenvalue weighted by atomic mass is 10.2. The van der Waals surface area contributed by atoms with Gasteiger partial charge in [-0.3, -0.25) is 14.5 Å². The summed E-state index contributed by atoms with van der Waals surface area (Å²) in [5.74, 6) is 5.79. The molecule has 1 aromatic rings. The van der Waals surface area contributed by atoms with Crippen molar-refractivity contribution in [3.05, 3.63) is 11.9 Å². The zero-order valence-corrected chi connectivity index (χ0v) is 10.1. The molecular formula is C10H14N6O2.